The zero-order valence-corrected chi connectivity index (χ0v) is 9.45. The topological polar surface area (TPSA) is 66.4 Å². The van der Waals surface area contributed by atoms with Crippen LogP contribution in [0.2, 0.25) is 0 Å². The zero-order valence-electron chi connectivity index (χ0n) is 8.64. The lowest BCUT2D eigenvalue weighted by molar-refractivity contribution is -0.123. The first kappa shape index (κ1) is 11.2. The molecule has 0 radical (unpaired) electrons. The van der Waals surface area contributed by atoms with Crippen molar-refractivity contribution in [2.75, 3.05) is 0 Å². The quantitative estimate of drug-likeness (QED) is 0.812. The van der Waals surface area contributed by atoms with Crippen LogP contribution in [-0.4, -0.2) is 21.5 Å². The fourth-order valence-corrected chi connectivity index (χ4v) is 2.56. The minimum Gasteiger partial charge on any atom is -0.384 e. The molecule has 0 aliphatic carbocycles. The van der Waals surface area contributed by atoms with E-state index in [0.717, 1.165) is 11.8 Å². The van der Waals surface area contributed by atoms with E-state index in [1.165, 1.54) is 6.92 Å². The first-order valence-electron chi connectivity index (χ1n) is 4.81. The Morgan fingerprint density at radius 3 is 2.44 bits per heavy atom. The van der Waals surface area contributed by atoms with Crippen molar-refractivity contribution in [1.29, 1.82) is 0 Å². The lowest BCUT2D eigenvalue weighted by Gasteiger charge is -2.27. The predicted octanol–water partition coefficient (Wildman–Crippen LogP) is 1.25. The van der Waals surface area contributed by atoms with Gasteiger partial charge in [-0.1, -0.05) is 30.3 Å². The highest BCUT2D eigenvalue weighted by Gasteiger charge is 2.45. The van der Waals surface area contributed by atoms with Crippen molar-refractivity contribution in [2.45, 2.75) is 17.8 Å². The van der Waals surface area contributed by atoms with Crippen LogP contribution in [0, 0.1) is 0 Å². The first-order chi connectivity index (χ1) is 7.51. The van der Waals surface area contributed by atoms with Gasteiger partial charge in [0.05, 0.1) is 0 Å². The molecule has 16 heavy (non-hydrogen) atoms. The molecule has 1 aliphatic rings. The lowest BCUT2D eigenvalue weighted by atomic mass is 9.92. The van der Waals surface area contributed by atoms with Crippen LogP contribution in [0.25, 0.3) is 0 Å². The summed E-state index contributed by atoms with van der Waals surface area (Å²) in [6, 6.07) is 8.85. The lowest BCUT2D eigenvalue weighted by Crippen LogP contribution is -2.40. The number of hydrogen-bond acceptors (Lipinski definition) is 4. The molecule has 4 nitrogen and oxygen atoms in total. The van der Waals surface area contributed by atoms with Crippen molar-refractivity contribution in [3.05, 3.63) is 35.9 Å². The number of carbonyl (C=O) groups is 2. The van der Waals surface area contributed by atoms with Gasteiger partial charge in [-0.05, 0) is 24.2 Å². The Morgan fingerprint density at radius 1 is 1.31 bits per heavy atom. The van der Waals surface area contributed by atoms with Crippen LogP contribution in [-0.2, 0) is 10.4 Å². The van der Waals surface area contributed by atoms with Crippen LogP contribution < -0.4 is 5.32 Å². The molecule has 1 aromatic carbocycles. The van der Waals surface area contributed by atoms with Crippen LogP contribution in [0.5, 0.6) is 0 Å². The third kappa shape index (κ3) is 1.83. The second-order valence-corrected chi connectivity index (χ2v) is 4.87. The summed E-state index contributed by atoms with van der Waals surface area (Å²) in [7, 11) is 0. The van der Waals surface area contributed by atoms with Crippen LogP contribution in [0.4, 0.5) is 4.79 Å². The summed E-state index contributed by atoms with van der Waals surface area (Å²) in [6.45, 7) is 1.54. The minimum absolute atomic E-state index is 0.411. The highest BCUT2D eigenvalue weighted by molar-refractivity contribution is 8.15. The van der Waals surface area contributed by atoms with Crippen molar-refractivity contribution >= 4 is 22.9 Å². The number of nitrogens with one attached hydrogen (secondary N) is 1. The molecule has 0 bridgehead atoms. The fourth-order valence-electron chi connectivity index (χ4n) is 1.65. The average Bonchev–Trinajstić information content (AvgIpc) is 2.60. The van der Waals surface area contributed by atoms with E-state index in [-0.39, 0.29) is 0 Å². The molecule has 2 atom stereocenters. The molecule has 2 amide bonds. The van der Waals surface area contributed by atoms with Crippen LogP contribution in [0.3, 0.4) is 0 Å². The molecule has 2 rings (SSSR count). The number of amides is 2. The number of aliphatic hydroxyl groups is 1. The molecule has 2 N–H and O–H groups in total. The summed E-state index contributed by atoms with van der Waals surface area (Å²) < 4.78 is 0. The Morgan fingerprint density at radius 2 is 1.94 bits per heavy atom. The molecule has 1 aromatic rings. The van der Waals surface area contributed by atoms with Gasteiger partial charge in [-0.2, -0.15) is 0 Å². The van der Waals surface area contributed by atoms with Gasteiger partial charge in [0.15, 0.2) is 0 Å². The van der Waals surface area contributed by atoms with Crippen molar-refractivity contribution in [2.24, 2.45) is 0 Å². The van der Waals surface area contributed by atoms with E-state index in [0.29, 0.717) is 5.56 Å². The number of carbonyl (C=O) groups excluding carboxylic acids is 2. The van der Waals surface area contributed by atoms with Gasteiger partial charge in [-0.15, -0.1) is 0 Å². The minimum atomic E-state index is -1.35. The van der Waals surface area contributed by atoms with Gasteiger partial charge >= 0.3 is 0 Å². The molecular formula is C11H11NO3S. The highest BCUT2D eigenvalue weighted by atomic mass is 32.2. The molecule has 0 aromatic heterocycles. The van der Waals surface area contributed by atoms with Gasteiger partial charge in [-0.3, -0.25) is 14.9 Å². The maximum absolute atomic E-state index is 11.5. The predicted molar refractivity (Wildman–Crippen MR) is 60.9 cm³/mol. The molecule has 1 saturated heterocycles. The summed E-state index contributed by atoms with van der Waals surface area (Å²) in [5, 5.41) is 11.3. The molecule has 0 saturated carbocycles. The Labute approximate surface area is 97.0 Å². The van der Waals surface area contributed by atoms with Crippen LogP contribution >= 0.6 is 11.8 Å². The summed E-state index contributed by atoms with van der Waals surface area (Å²) in [4.78, 5) is 22.6. The van der Waals surface area contributed by atoms with Gasteiger partial charge in [0.25, 0.3) is 5.24 Å². The molecule has 84 valence electrons. The van der Waals surface area contributed by atoms with E-state index in [4.69, 9.17) is 0 Å². The molecule has 0 spiro atoms. The van der Waals surface area contributed by atoms with Gasteiger partial charge in [0.1, 0.15) is 10.9 Å². The molecule has 2 unspecified atom stereocenters. The van der Waals surface area contributed by atoms with Crippen molar-refractivity contribution in [3.63, 3.8) is 0 Å². The number of benzene rings is 1. The molecule has 1 aliphatic heterocycles. The van der Waals surface area contributed by atoms with E-state index in [2.05, 4.69) is 5.32 Å². The summed E-state index contributed by atoms with van der Waals surface area (Å²) >= 11 is 0.826. The molecular weight excluding hydrogens is 226 g/mol. The standard InChI is InChI=1S/C11H11NO3S/c1-11(15,7-5-3-2-4-6-7)8-9(13)12-10(14)16-8/h2-6,8,15H,1H3,(H,12,13,14). The number of thioether (sulfide) groups is 1. The number of hydrogen-bond donors (Lipinski definition) is 2. The largest absolute Gasteiger partial charge is 0.384 e. The van der Waals surface area contributed by atoms with Crippen molar-refractivity contribution in [1.82, 2.24) is 5.32 Å². The van der Waals surface area contributed by atoms with Gasteiger partial charge in [0, 0.05) is 0 Å². The third-order valence-electron chi connectivity index (χ3n) is 2.56. The second-order valence-electron chi connectivity index (χ2n) is 3.79. The van der Waals surface area contributed by atoms with E-state index in [1.807, 2.05) is 6.07 Å². The van der Waals surface area contributed by atoms with Gasteiger partial charge < -0.3 is 5.11 Å². The third-order valence-corrected chi connectivity index (χ3v) is 3.78. The normalized spacial score (nSPS) is 24.0. The van der Waals surface area contributed by atoms with Gasteiger partial charge in [0.2, 0.25) is 5.91 Å². The monoisotopic (exact) mass is 237 g/mol. The SMILES string of the molecule is CC(O)(c1ccccc1)C1SC(=O)NC1=O. The number of imide groups is 1. The van der Waals surface area contributed by atoms with Crippen molar-refractivity contribution < 1.29 is 14.7 Å². The summed E-state index contributed by atoms with van der Waals surface area (Å²) in [6.07, 6.45) is 0. The fraction of sp³-hybridized carbons (Fsp3) is 0.273. The Hall–Kier alpha value is -1.33. The Bertz CT molecular complexity index is 430. The molecule has 5 heteroatoms. The van der Waals surface area contributed by atoms with Gasteiger partial charge in [-0.25, -0.2) is 0 Å². The van der Waals surface area contributed by atoms with Crippen molar-refractivity contribution in [3.8, 4) is 0 Å². The summed E-state index contributed by atoms with van der Waals surface area (Å²) in [5.74, 6) is -0.441. The maximum atomic E-state index is 11.5. The van der Waals surface area contributed by atoms with Crippen LogP contribution in [0.1, 0.15) is 12.5 Å². The first-order valence-corrected chi connectivity index (χ1v) is 5.69. The van der Waals surface area contributed by atoms with E-state index >= 15 is 0 Å². The van der Waals surface area contributed by atoms with E-state index < -0.39 is 22.0 Å². The maximum Gasteiger partial charge on any atom is 0.286 e. The molecule has 1 heterocycles. The smallest absolute Gasteiger partial charge is 0.286 e. The van der Waals surface area contributed by atoms with E-state index in [9.17, 15) is 14.7 Å². The summed E-state index contributed by atoms with van der Waals surface area (Å²) in [5.41, 5.74) is -0.723. The Kier molecular flexibility index (Phi) is 2.73. The second kappa shape index (κ2) is 3.92. The van der Waals surface area contributed by atoms with E-state index in [1.54, 1.807) is 24.3 Å². The average molecular weight is 237 g/mol. The molecule has 1 fully saturated rings. The zero-order chi connectivity index (χ0) is 11.8. The Balaban J connectivity index is 2.32. The number of rotatable bonds is 2. The highest BCUT2D eigenvalue weighted by Crippen LogP contribution is 2.35. The van der Waals surface area contributed by atoms with Crippen LogP contribution in [0.15, 0.2) is 30.3 Å².